The first-order valence-corrected chi connectivity index (χ1v) is 7.08. The lowest BCUT2D eigenvalue weighted by atomic mass is 10.0. The number of allylic oxidation sites excluding steroid dienone is 1. The molecule has 5 heteroatoms. The van der Waals surface area contributed by atoms with Crippen LogP contribution in [0.5, 0.6) is 0 Å². The number of piperidine rings is 1. The Bertz CT molecular complexity index is 589. The highest BCUT2D eigenvalue weighted by atomic mass is 16.3. The highest BCUT2D eigenvalue weighted by molar-refractivity contribution is 6.10. The van der Waals surface area contributed by atoms with E-state index in [1.54, 1.807) is 24.0 Å². The zero-order valence-electron chi connectivity index (χ0n) is 12.0. The Morgan fingerprint density at radius 1 is 1.33 bits per heavy atom. The molecule has 1 amide bonds. The molecule has 0 N–H and O–H groups in total. The van der Waals surface area contributed by atoms with Crippen molar-refractivity contribution < 1.29 is 14.0 Å². The second-order valence-corrected chi connectivity index (χ2v) is 5.13. The Morgan fingerprint density at radius 2 is 2.05 bits per heavy atom. The van der Waals surface area contributed by atoms with Gasteiger partial charge in [-0.05, 0) is 50.5 Å². The van der Waals surface area contributed by atoms with E-state index in [0.717, 1.165) is 25.0 Å². The number of aryl methyl sites for hydroxylation is 1. The molecule has 1 aromatic rings. The van der Waals surface area contributed by atoms with Crippen molar-refractivity contribution in [2.75, 3.05) is 13.1 Å². The number of furan rings is 1. The first-order valence-electron chi connectivity index (χ1n) is 7.08. The third-order valence-corrected chi connectivity index (χ3v) is 3.50. The molecule has 1 aliphatic heterocycles. The van der Waals surface area contributed by atoms with Gasteiger partial charge in [-0.1, -0.05) is 0 Å². The summed E-state index contributed by atoms with van der Waals surface area (Å²) in [7, 11) is 0. The Hall–Kier alpha value is -2.35. The van der Waals surface area contributed by atoms with Gasteiger partial charge < -0.3 is 9.32 Å². The molecule has 1 aliphatic rings. The van der Waals surface area contributed by atoms with Gasteiger partial charge in [0.25, 0.3) is 0 Å². The van der Waals surface area contributed by atoms with Crippen LogP contribution in [0.2, 0.25) is 0 Å². The summed E-state index contributed by atoms with van der Waals surface area (Å²) in [6.07, 6.45) is 5.68. The van der Waals surface area contributed by atoms with Gasteiger partial charge in [0.15, 0.2) is 11.7 Å². The molecule has 1 saturated heterocycles. The maximum absolute atomic E-state index is 12.2. The molecular weight excluding hydrogens is 268 g/mol. The van der Waals surface area contributed by atoms with Crippen LogP contribution in [0.15, 0.2) is 22.6 Å². The number of ketones is 1. The van der Waals surface area contributed by atoms with Gasteiger partial charge in [-0.3, -0.25) is 9.59 Å². The highest BCUT2D eigenvalue weighted by Gasteiger charge is 2.29. The molecule has 1 aromatic heterocycles. The lowest BCUT2D eigenvalue weighted by molar-refractivity contribution is -0.138. The maximum atomic E-state index is 12.2. The zero-order chi connectivity index (χ0) is 15.2. The molecule has 0 saturated carbocycles. The van der Waals surface area contributed by atoms with Crippen LogP contribution in [0.1, 0.15) is 30.8 Å². The van der Waals surface area contributed by atoms with E-state index in [0.29, 0.717) is 18.8 Å². The molecule has 1 fully saturated rings. The van der Waals surface area contributed by atoms with Crippen molar-refractivity contribution in [1.82, 2.24) is 4.90 Å². The summed E-state index contributed by atoms with van der Waals surface area (Å²) in [6, 6.07) is 5.33. The van der Waals surface area contributed by atoms with Crippen LogP contribution >= 0.6 is 0 Å². The van der Waals surface area contributed by atoms with E-state index in [4.69, 9.17) is 9.68 Å². The molecule has 110 valence electrons. The van der Waals surface area contributed by atoms with Crippen molar-refractivity contribution in [1.29, 1.82) is 5.26 Å². The smallest absolute Gasteiger partial charge is 0.247 e. The average Bonchev–Trinajstić information content (AvgIpc) is 2.92. The van der Waals surface area contributed by atoms with Crippen LogP contribution < -0.4 is 0 Å². The van der Waals surface area contributed by atoms with E-state index in [1.807, 2.05) is 6.07 Å². The third-order valence-electron chi connectivity index (χ3n) is 3.50. The number of nitrogens with zero attached hydrogens (tertiary/aromatic N) is 2. The fraction of sp³-hybridized carbons (Fsp3) is 0.438. The van der Waals surface area contributed by atoms with E-state index in [9.17, 15) is 9.59 Å². The largest absolute Gasteiger partial charge is 0.462 e. The van der Waals surface area contributed by atoms with Crippen molar-refractivity contribution >= 4 is 17.8 Å². The standard InChI is InChI=1S/C16H18N2O3/c1-12-5-6-13(21-12)7-8-15(19)14(11-17)16(20)18-9-3-2-4-10-18/h5-8,14H,2-4,9-10H2,1H3/b8-7+/t14-/m0/s1. The Labute approximate surface area is 123 Å². The molecule has 2 rings (SSSR count). The normalized spacial score (nSPS) is 16.7. The summed E-state index contributed by atoms with van der Waals surface area (Å²) in [4.78, 5) is 25.9. The number of carbonyl (C=O) groups is 2. The number of hydrogen-bond donors (Lipinski definition) is 0. The quantitative estimate of drug-likeness (QED) is 0.629. The van der Waals surface area contributed by atoms with Crippen LogP contribution in [0.4, 0.5) is 0 Å². The van der Waals surface area contributed by atoms with Gasteiger partial charge in [-0.25, -0.2) is 0 Å². The molecule has 0 aliphatic carbocycles. The number of likely N-dealkylation sites (tertiary alicyclic amines) is 1. The Kier molecular flexibility index (Phi) is 4.94. The second-order valence-electron chi connectivity index (χ2n) is 5.13. The van der Waals surface area contributed by atoms with Gasteiger partial charge in [0.1, 0.15) is 11.5 Å². The monoisotopic (exact) mass is 286 g/mol. The van der Waals surface area contributed by atoms with Crippen LogP contribution in [0, 0.1) is 24.2 Å². The molecule has 5 nitrogen and oxygen atoms in total. The number of carbonyl (C=O) groups excluding carboxylic acids is 2. The molecule has 0 bridgehead atoms. The van der Waals surface area contributed by atoms with Crippen LogP contribution in [-0.4, -0.2) is 29.7 Å². The van der Waals surface area contributed by atoms with Crippen molar-refractivity contribution in [2.24, 2.45) is 5.92 Å². The Balaban J connectivity index is 2.02. The van der Waals surface area contributed by atoms with Gasteiger partial charge in [0, 0.05) is 13.1 Å². The minimum absolute atomic E-state index is 0.387. The summed E-state index contributed by atoms with van der Waals surface area (Å²) in [5.74, 6) is -0.869. The summed E-state index contributed by atoms with van der Waals surface area (Å²) in [5, 5.41) is 9.12. The lowest BCUT2D eigenvalue weighted by Crippen LogP contribution is -2.41. The van der Waals surface area contributed by atoms with Gasteiger partial charge in [-0.15, -0.1) is 0 Å². The molecule has 2 heterocycles. The van der Waals surface area contributed by atoms with Crippen molar-refractivity contribution in [3.63, 3.8) is 0 Å². The average molecular weight is 286 g/mol. The zero-order valence-corrected chi connectivity index (χ0v) is 12.0. The summed E-state index contributed by atoms with van der Waals surface area (Å²) in [6.45, 7) is 3.06. The Morgan fingerprint density at radius 3 is 2.62 bits per heavy atom. The topological polar surface area (TPSA) is 74.3 Å². The minimum Gasteiger partial charge on any atom is -0.462 e. The molecule has 0 radical (unpaired) electrons. The highest BCUT2D eigenvalue weighted by Crippen LogP contribution is 2.14. The summed E-state index contributed by atoms with van der Waals surface area (Å²) < 4.78 is 5.31. The summed E-state index contributed by atoms with van der Waals surface area (Å²) in [5.41, 5.74) is 0. The first kappa shape index (κ1) is 15.0. The van der Waals surface area contributed by atoms with Gasteiger partial charge in [-0.2, -0.15) is 5.26 Å². The molecule has 1 atom stereocenters. The van der Waals surface area contributed by atoms with Crippen molar-refractivity contribution in [3.05, 3.63) is 29.7 Å². The lowest BCUT2D eigenvalue weighted by Gasteiger charge is -2.27. The van der Waals surface area contributed by atoms with Crippen LogP contribution in [0.25, 0.3) is 6.08 Å². The van der Waals surface area contributed by atoms with E-state index >= 15 is 0 Å². The number of hydrogen-bond acceptors (Lipinski definition) is 4. The summed E-state index contributed by atoms with van der Waals surface area (Å²) >= 11 is 0. The molecular formula is C16H18N2O3. The van der Waals surface area contributed by atoms with Crippen molar-refractivity contribution in [3.8, 4) is 6.07 Å². The number of nitriles is 1. The predicted octanol–water partition coefficient (Wildman–Crippen LogP) is 2.32. The van der Waals surface area contributed by atoms with E-state index in [-0.39, 0.29) is 5.91 Å². The van der Waals surface area contributed by atoms with Gasteiger partial charge in [0.05, 0.1) is 6.07 Å². The van der Waals surface area contributed by atoms with Crippen LogP contribution in [-0.2, 0) is 9.59 Å². The number of rotatable bonds is 4. The predicted molar refractivity (Wildman–Crippen MR) is 77.0 cm³/mol. The third kappa shape index (κ3) is 3.82. The minimum atomic E-state index is -1.25. The van der Waals surface area contributed by atoms with Crippen LogP contribution in [0.3, 0.4) is 0 Å². The first-order chi connectivity index (χ1) is 10.1. The van der Waals surface area contributed by atoms with Gasteiger partial charge in [0.2, 0.25) is 5.91 Å². The SMILES string of the molecule is Cc1ccc(/C=C/C(=O)[C@H](C#N)C(=O)N2CCCCC2)o1. The fourth-order valence-corrected chi connectivity index (χ4v) is 2.34. The molecule has 0 spiro atoms. The fourth-order valence-electron chi connectivity index (χ4n) is 2.34. The molecule has 0 aromatic carbocycles. The van der Waals surface area contributed by atoms with E-state index < -0.39 is 11.7 Å². The van der Waals surface area contributed by atoms with Gasteiger partial charge >= 0.3 is 0 Å². The van der Waals surface area contributed by atoms with E-state index in [2.05, 4.69) is 0 Å². The van der Waals surface area contributed by atoms with E-state index in [1.165, 1.54) is 12.2 Å². The second kappa shape index (κ2) is 6.89. The molecule has 21 heavy (non-hydrogen) atoms. The maximum Gasteiger partial charge on any atom is 0.247 e. The molecule has 0 unspecified atom stereocenters. The van der Waals surface area contributed by atoms with Crippen molar-refractivity contribution in [2.45, 2.75) is 26.2 Å². The number of amides is 1.